The van der Waals surface area contributed by atoms with Gasteiger partial charge in [-0.15, -0.1) is 0 Å². The largest absolute Gasteiger partial charge is 0.277 e. The summed E-state index contributed by atoms with van der Waals surface area (Å²) in [7, 11) is 0. The molecule has 0 amide bonds. The summed E-state index contributed by atoms with van der Waals surface area (Å²) in [6, 6.07) is 20.3. The van der Waals surface area contributed by atoms with Gasteiger partial charge in [0.15, 0.2) is 0 Å². The van der Waals surface area contributed by atoms with Gasteiger partial charge in [0, 0.05) is 5.39 Å². The second-order valence-electron chi connectivity index (χ2n) is 5.13. The van der Waals surface area contributed by atoms with Gasteiger partial charge in [0.2, 0.25) is 0 Å². The van der Waals surface area contributed by atoms with E-state index < -0.39 is 0 Å². The summed E-state index contributed by atoms with van der Waals surface area (Å²) in [5, 5.41) is 5.43. The molecule has 0 aliphatic carbocycles. The van der Waals surface area contributed by atoms with Crippen molar-refractivity contribution in [2.24, 2.45) is 0 Å². The van der Waals surface area contributed by atoms with Gasteiger partial charge in [-0.3, -0.25) is 14.7 Å². The number of rotatable bonds is 1. The van der Waals surface area contributed by atoms with Gasteiger partial charge in [0.05, 0.1) is 16.5 Å². The Balaban J connectivity index is 2.16. The molecule has 1 heterocycles. The van der Waals surface area contributed by atoms with E-state index in [1.807, 2.05) is 42.5 Å². The highest BCUT2D eigenvalue weighted by atomic mass is 16.2. The van der Waals surface area contributed by atoms with Gasteiger partial charge in [-0.2, -0.15) is 0 Å². The third-order valence-corrected chi connectivity index (χ3v) is 3.83. The maximum absolute atomic E-state index is 12.7. The lowest BCUT2D eigenvalue weighted by molar-refractivity contribution is 0.807. The molecule has 3 aromatic carbocycles. The van der Waals surface area contributed by atoms with Crippen LogP contribution in [0.1, 0.15) is 0 Å². The molecule has 0 radical (unpaired) electrons. The van der Waals surface area contributed by atoms with Gasteiger partial charge in [-0.25, -0.2) is 4.68 Å². The van der Waals surface area contributed by atoms with Crippen LogP contribution in [0.3, 0.4) is 0 Å². The van der Waals surface area contributed by atoms with Crippen molar-refractivity contribution in [2.75, 3.05) is 0 Å². The first-order valence-corrected chi connectivity index (χ1v) is 6.98. The number of aromatic amines is 1. The molecule has 106 valence electrons. The van der Waals surface area contributed by atoms with Crippen LogP contribution in [0.2, 0.25) is 0 Å². The molecule has 22 heavy (non-hydrogen) atoms. The van der Waals surface area contributed by atoms with E-state index in [2.05, 4.69) is 5.10 Å². The number of benzene rings is 3. The lowest BCUT2D eigenvalue weighted by atomic mass is 10.1. The molecule has 4 heteroatoms. The third kappa shape index (κ3) is 1.78. The summed E-state index contributed by atoms with van der Waals surface area (Å²) in [5.74, 6) is 0. The first-order valence-electron chi connectivity index (χ1n) is 6.98. The maximum Gasteiger partial charge on any atom is 0.277 e. The smallest absolute Gasteiger partial charge is 0.267 e. The first kappa shape index (κ1) is 12.6. The molecular weight excluding hydrogens is 276 g/mol. The zero-order valence-corrected chi connectivity index (χ0v) is 11.6. The van der Waals surface area contributed by atoms with Crippen LogP contribution in [0.5, 0.6) is 0 Å². The number of hydrogen-bond acceptors (Lipinski definition) is 2. The summed E-state index contributed by atoms with van der Waals surface area (Å²) in [6.07, 6.45) is 0. The van der Waals surface area contributed by atoms with Crippen LogP contribution in [0, 0.1) is 0 Å². The highest BCUT2D eigenvalue weighted by Gasteiger charge is 2.10. The molecule has 0 fully saturated rings. The van der Waals surface area contributed by atoms with Crippen molar-refractivity contribution < 1.29 is 0 Å². The van der Waals surface area contributed by atoms with E-state index in [9.17, 15) is 9.59 Å². The van der Waals surface area contributed by atoms with E-state index in [1.165, 1.54) is 4.68 Å². The van der Waals surface area contributed by atoms with Gasteiger partial charge >= 0.3 is 0 Å². The minimum atomic E-state index is -0.275. The third-order valence-electron chi connectivity index (χ3n) is 3.83. The van der Waals surface area contributed by atoms with E-state index in [-0.39, 0.29) is 11.1 Å². The molecule has 1 N–H and O–H groups in total. The average molecular weight is 288 g/mol. The maximum atomic E-state index is 12.7. The highest BCUT2D eigenvalue weighted by molar-refractivity contribution is 5.90. The van der Waals surface area contributed by atoms with Gasteiger partial charge in [0.1, 0.15) is 0 Å². The van der Waals surface area contributed by atoms with Crippen LogP contribution in [0.15, 0.2) is 76.3 Å². The first-order chi connectivity index (χ1) is 10.8. The van der Waals surface area contributed by atoms with Gasteiger partial charge in [-0.1, -0.05) is 48.5 Å². The molecule has 0 unspecified atom stereocenters. The summed E-state index contributed by atoms with van der Waals surface area (Å²) < 4.78 is 1.33. The van der Waals surface area contributed by atoms with E-state index in [1.54, 1.807) is 24.3 Å². The molecular formula is C18H12N2O2. The Morgan fingerprint density at radius 3 is 2.14 bits per heavy atom. The Labute approximate surface area is 125 Å². The van der Waals surface area contributed by atoms with E-state index in [0.717, 1.165) is 10.8 Å². The number of hydrogen-bond donors (Lipinski definition) is 1. The molecule has 0 saturated heterocycles. The molecule has 4 aromatic rings. The predicted octanol–water partition coefficient (Wildman–Crippen LogP) is 2.83. The Hall–Kier alpha value is -3.14. The Morgan fingerprint density at radius 1 is 0.682 bits per heavy atom. The van der Waals surface area contributed by atoms with Crippen LogP contribution in [-0.4, -0.2) is 9.78 Å². The topological polar surface area (TPSA) is 54.9 Å². The number of nitrogens with zero attached hydrogens (tertiary/aromatic N) is 1. The standard InChI is InChI=1S/C18H12N2O2/c21-17-14-9-3-4-10-15(14)18(22)20(19-17)16-11-5-7-12-6-1-2-8-13(12)16/h1-11H,(H,19,21). The fraction of sp³-hybridized carbons (Fsp3) is 0. The zero-order valence-electron chi connectivity index (χ0n) is 11.6. The lowest BCUT2D eigenvalue weighted by Gasteiger charge is -2.10. The SMILES string of the molecule is O=c1[nH]n(-c2cccc3ccccc23)c(=O)c2ccccc12. The van der Waals surface area contributed by atoms with Gasteiger partial charge in [-0.05, 0) is 23.6 Å². The second kappa shape index (κ2) is 4.70. The van der Waals surface area contributed by atoms with Gasteiger partial charge in [0.25, 0.3) is 11.1 Å². The molecule has 0 saturated carbocycles. The molecule has 0 aliphatic rings. The average Bonchev–Trinajstić information content (AvgIpc) is 2.58. The van der Waals surface area contributed by atoms with Crippen molar-refractivity contribution in [3.05, 3.63) is 87.4 Å². The van der Waals surface area contributed by atoms with Gasteiger partial charge < -0.3 is 0 Å². The monoisotopic (exact) mass is 288 g/mol. The molecule has 0 spiro atoms. The minimum Gasteiger partial charge on any atom is -0.267 e. The van der Waals surface area contributed by atoms with Crippen molar-refractivity contribution >= 4 is 21.5 Å². The Kier molecular flexibility index (Phi) is 2.69. The molecule has 4 rings (SSSR count). The molecule has 4 nitrogen and oxygen atoms in total. The van der Waals surface area contributed by atoms with Crippen LogP contribution < -0.4 is 11.1 Å². The van der Waals surface area contributed by atoms with Crippen molar-refractivity contribution in [3.8, 4) is 5.69 Å². The fourth-order valence-corrected chi connectivity index (χ4v) is 2.77. The minimum absolute atomic E-state index is 0.230. The summed E-state index contributed by atoms with van der Waals surface area (Å²) in [5.41, 5.74) is 0.167. The van der Waals surface area contributed by atoms with E-state index in [0.29, 0.717) is 16.5 Å². The summed E-state index contributed by atoms with van der Waals surface area (Å²) in [6.45, 7) is 0. The quantitative estimate of drug-likeness (QED) is 0.585. The number of nitrogens with one attached hydrogen (secondary N) is 1. The lowest BCUT2D eigenvalue weighted by Crippen LogP contribution is -2.28. The molecule has 0 atom stereocenters. The summed E-state index contributed by atoms with van der Waals surface area (Å²) >= 11 is 0. The van der Waals surface area contributed by atoms with Crippen molar-refractivity contribution in [1.82, 2.24) is 9.78 Å². The van der Waals surface area contributed by atoms with E-state index >= 15 is 0 Å². The fourth-order valence-electron chi connectivity index (χ4n) is 2.77. The van der Waals surface area contributed by atoms with Crippen LogP contribution >= 0.6 is 0 Å². The van der Waals surface area contributed by atoms with Crippen LogP contribution in [0.25, 0.3) is 27.2 Å². The summed E-state index contributed by atoms with van der Waals surface area (Å²) in [4.78, 5) is 25.0. The van der Waals surface area contributed by atoms with Crippen molar-refractivity contribution in [1.29, 1.82) is 0 Å². The number of aromatic nitrogens is 2. The second-order valence-corrected chi connectivity index (χ2v) is 5.13. The molecule has 0 bridgehead atoms. The van der Waals surface area contributed by atoms with Crippen LogP contribution in [0.4, 0.5) is 0 Å². The zero-order chi connectivity index (χ0) is 15.1. The molecule has 1 aromatic heterocycles. The van der Waals surface area contributed by atoms with Crippen molar-refractivity contribution in [3.63, 3.8) is 0 Å². The van der Waals surface area contributed by atoms with E-state index in [4.69, 9.17) is 0 Å². The number of fused-ring (bicyclic) bond motifs is 2. The normalized spacial score (nSPS) is 11.1. The van der Waals surface area contributed by atoms with Crippen LogP contribution in [-0.2, 0) is 0 Å². The Morgan fingerprint density at radius 2 is 1.32 bits per heavy atom. The molecule has 0 aliphatic heterocycles. The van der Waals surface area contributed by atoms with Crippen molar-refractivity contribution in [2.45, 2.75) is 0 Å². The highest BCUT2D eigenvalue weighted by Crippen LogP contribution is 2.20. The predicted molar refractivity (Wildman–Crippen MR) is 87.7 cm³/mol. The Bertz CT molecular complexity index is 1120. The number of H-pyrrole nitrogens is 1.